The molecule has 0 amide bonds. The van der Waals surface area contributed by atoms with E-state index in [-0.39, 0.29) is 5.69 Å². The summed E-state index contributed by atoms with van der Waals surface area (Å²) in [5.41, 5.74) is 1.97. The van der Waals surface area contributed by atoms with E-state index in [2.05, 4.69) is 32.9 Å². The van der Waals surface area contributed by atoms with E-state index in [1.807, 2.05) is 54.6 Å². The third-order valence-electron chi connectivity index (χ3n) is 3.97. The molecular formula is C19H13IN5O2+. The van der Waals surface area contributed by atoms with Gasteiger partial charge in [-0.3, -0.25) is 10.1 Å². The standard InChI is InChI=1S/C19H13IN5O2/c20-15-10-4-5-11-16(15)23-19(14-8-2-1-3-9-14)21-24(22-23)17-12-6-7-13-18(17)25(26)27/h1-13H/q+1. The topological polar surface area (TPSA) is 77.7 Å². The molecule has 0 fully saturated rings. The molecule has 3 aromatic carbocycles. The van der Waals surface area contributed by atoms with Gasteiger partial charge in [0.1, 0.15) is 5.69 Å². The molecule has 27 heavy (non-hydrogen) atoms. The second kappa shape index (κ2) is 7.23. The predicted octanol–water partition coefficient (Wildman–Crippen LogP) is 3.72. The van der Waals surface area contributed by atoms with Crippen LogP contribution in [0.25, 0.3) is 22.8 Å². The first-order valence-electron chi connectivity index (χ1n) is 8.09. The van der Waals surface area contributed by atoms with Crippen molar-refractivity contribution in [3.63, 3.8) is 0 Å². The molecule has 132 valence electrons. The van der Waals surface area contributed by atoms with Gasteiger partial charge in [0.25, 0.3) is 0 Å². The third-order valence-corrected chi connectivity index (χ3v) is 4.88. The Hall–Kier alpha value is -3.14. The first-order chi connectivity index (χ1) is 13.1. The molecule has 0 radical (unpaired) electrons. The normalized spacial score (nSPS) is 10.7. The molecule has 0 saturated carbocycles. The molecule has 0 atom stereocenters. The lowest BCUT2D eigenvalue weighted by molar-refractivity contribution is -0.651. The van der Waals surface area contributed by atoms with Crippen LogP contribution in [0.2, 0.25) is 0 Å². The van der Waals surface area contributed by atoms with E-state index in [1.54, 1.807) is 22.9 Å². The second-order valence-electron chi connectivity index (χ2n) is 5.68. The van der Waals surface area contributed by atoms with Crippen LogP contribution in [0.5, 0.6) is 0 Å². The molecule has 0 aliphatic carbocycles. The number of rotatable bonds is 4. The first kappa shape index (κ1) is 17.3. The number of nitro groups is 1. The second-order valence-corrected chi connectivity index (χ2v) is 6.84. The van der Waals surface area contributed by atoms with Crippen molar-refractivity contribution in [1.82, 2.24) is 15.1 Å². The van der Waals surface area contributed by atoms with Crippen LogP contribution in [-0.4, -0.2) is 20.0 Å². The SMILES string of the molecule is O=[N+]([O-])c1ccccc1-n1nc(-c2ccccc2)[n+](-c2ccccc2I)n1. The summed E-state index contributed by atoms with van der Waals surface area (Å²) in [5.74, 6) is 0.595. The average Bonchev–Trinajstić information content (AvgIpc) is 3.14. The number of aromatic nitrogens is 4. The Morgan fingerprint density at radius 1 is 0.926 bits per heavy atom. The monoisotopic (exact) mass is 470 g/mol. The van der Waals surface area contributed by atoms with Crippen molar-refractivity contribution < 1.29 is 9.61 Å². The molecule has 4 aromatic rings. The minimum absolute atomic E-state index is 0.0537. The highest BCUT2D eigenvalue weighted by Gasteiger charge is 2.28. The molecule has 0 aliphatic rings. The van der Waals surface area contributed by atoms with Gasteiger partial charge in [-0.2, -0.15) is 0 Å². The number of benzene rings is 3. The Bertz CT molecular complexity index is 1130. The summed E-state index contributed by atoms with van der Waals surface area (Å²) in [6.45, 7) is 0. The maximum Gasteiger partial charge on any atom is 0.335 e. The summed E-state index contributed by atoms with van der Waals surface area (Å²) in [6.07, 6.45) is 0. The average molecular weight is 470 g/mol. The van der Waals surface area contributed by atoms with E-state index >= 15 is 0 Å². The summed E-state index contributed by atoms with van der Waals surface area (Å²) >= 11 is 2.24. The van der Waals surface area contributed by atoms with Crippen molar-refractivity contribution in [1.29, 1.82) is 0 Å². The van der Waals surface area contributed by atoms with Gasteiger partial charge in [0.05, 0.1) is 24.4 Å². The van der Waals surface area contributed by atoms with Crippen molar-refractivity contribution >= 4 is 28.3 Å². The Kier molecular flexibility index (Phi) is 4.63. The number of hydrogen-bond acceptors (Lipinski definition) is 4. The van der Waals surface area contributed by atoms with Crippen LogP contribution >= 0.6 is 22.6 Å². The quantitative estimate of drug-likeness (QED) is 0.197. The molecule has 4 rings (SSSR count). The zero-order chi connectivity index (χ0) is 18.8. The number of halogens is 1. The van der Waals surface area contributed by atoms with Crippen LogP contribution in [0.4, 0.5) is 5.69 Å². The van der Waals surface area contributed by atoms with E-state index in [0.29, 0.717) is 11.5 Å². The number of para-hydroxylation sites is 3. The smallest absolute Gasteiger partial charge is 0.258 e. The fourth-order valence-corrected chi connectivity index (χ4v) is 3.34. The molecule has 8 heteroatoms. The number of nitro benzene ring substituents is 1. The molecule has 7 nitrogen and oxygen atoms in total. The Morgan fingerprint density at radius 2 is 1.59 bits per heavy atom. The minimum atomic E-state index is -0.433. The molecule has 0 unspecified atom stereocenters. The highest BCUT2D eigenvalue weighted by molar-refractivity contribution is 14.1. The maximum absolute atomic E-state index is 11.4. The van der Waals surface area contributed by atoms with Crippen molar-refractivity contribution in [2.24, 2.45) is 0 Å². The van der Waals surface area contributed by atoms with Gasteiger partial charge in [0, 0.05) is 10.9 Å². The molecule has 1 heterocycles. The van der Waals surface area contributed by atoms with Gasteiger partial charge in [0.2, 0.25) is 5.69 Å². The number of hydrogen-bond donors (Lipinski definition) is 0. The fraction of sp³-hybridized carbons (Fsp3) is 0. The van der Waals surface area contributed by atoms with Gasteiger partial charge in [-0.25, -0.2) is 0 Å². The number of tetrazole rings is 1. The van der Waals surface area contributed by atoms with Crippen molar-refractivity contribution in [3.05, 3.63) is 92.5 Å². The van der Waals surface area contributed by atoms with E-state index in [1.165, 1.54) is 10.9 Å². The van der Waals surface area contributed by atoms with Gasteiger partial charge in [-0.15, -0.1) is 0 Å². The minimum Gasteiger partial charge on any atom is -0.258 e. The summed E-state index contributed by atoms with van der Waals surface area (Å²) < 4.78 is 2.69. The fourth-order valence-electron chi connectivity index (χ4n) is 2.72. The summed E-state index contributed by atoms with van der Waals surface area (Å²) in [5, 5.41) is 20.5. The highest BCUT2D eigenvalue weighted by atomic mass is 127. The van der Waals surface area contributed by atoms with Crippen LogP contribution in [0.3, 0.4) is 0 Å². The molecule has 0 N–H and O–H groups in total. The summed E-state index contributed by atoms with van der Waals surface area (Å²) in [4.78, 5) is 12.3. The predicted molar refractivity (Wildman–Crippen MR) is 108 cm³/mol. The molecule has 0 aliphatic heterocycles. The number of nitrogens with zero attached hydrogens (tertiary/aromatic N) is 5. The lowest BCUT2D eigenvalue weighted by Gasteiger charge is -2.00. The van der Waals surface area contributed by atoms with Crippen molar-refractivity contribution in [3.8, 4) is 22.8 Å². The summed E-state index contributed by atoms with van der Waals surface area (Å²) in [6, 6.07) is 23.8. The summed E-state index contributed by atoms with van der Waals surface area (Å²) in [7, 11) is 0. The van der Waals surface area contributed by atoms with Gasteiger partial charge < -0.3 is 0 Å². The van der Waals surface area contributed by atoms with Crippen molar-refractivity contribution in [2.45, 2.75) is 0 Å². The highest BCUT2D eigenvalue weighted by Crippen LogP contribution is 2.22. The van der Waals surface area contributed by atoms with Crippen LogP contribution in [0, 0.1) is 13.7 Å². The van der Waals surface area contributed by atoms with E-state index in [9.17, 15) is 10.1 Å². The zero-order valence-corrected chi connectivity index (χ0v) is 16.1. The van der Waals surface area contributed by atoms with Crippen LogP contribution in [0.15, 0.2) is 78.9 Å². The maximum atomic E-state index is 11.4. The van der Waals surface area contributed by atoms with Gasteiger partial charge in [0.15, 0.2) is 0 Å². The van der Waals surface area contributed by atoms with Gasteiger partial charge in [-0.1, -0.05) is 47.1 Å². The van der Waals surface area contributed by atoms with Gasteiger partial charge >= 0.3 is 11.5 Å². The first-order valence-corrected chi connectivity index (χ1v) is 9.17. The lowest BCUT2D eigenvalue weighted by Crippen LogP contribution is -2.36. The molecule has 0 bridgehead atoms. The van der Waals surface area contributed by atoms with Gasteiger partial charge in [-0.05, 0) is 52.9 Å². The van der Waals surface area contributed by atoms with E-state index < -0.39 is 4.92 Å². The van der Waals surface area contributed by atoms with E-state index in [4.69, 9.17) is 0 Å². The van der Waals surface area contributed by atoms with Crippen LogP contribution < -0.4 is 4.68 Å². The van der Waals surface area contributed by atoms with Crippen molar-refractivity contribution in [2.75, 3.05) is 0 Å². The molecular weight excluding hydrogens is 457 g/mol. The van der Waals surface area contributed by atoms with E-state index in [0.717, 1.165) is 14.8 Å². The third kappa shape index (κ3) is 3.31. The molecule has 0 saturated heterocycles. The Morgan fingerprint density at radius 3 is 2.33 bits per heavy atom. The Balaban J connectivity index is 1.97. The molecule has 1 aromatic heterocycles. The Labute approximate surface area is 168 Å². The largest absolute Gasteiger partial charge is 0.335 e. The van der Waals surface area contributed by atoms with Crippen LogP contribution in [0.1, 0.15) is 0 Å². The lowest BCUT2D eigenvalue weighted by atomic mass is 10.2. The molecule has 0 spiro atoms. The van der Waals surface area contributed by atoms with Crippen LogP contribution in [-0.2, 0) is 0 Å². The zero-order valence-electron chi connectivity index (χ0n) is 13.9.